The van der Waals surface area contributed by atoms with Crippen LogP contribution in [0.25, 0.3) is 0 Å². The second-order valence-corrected chi connectivity index (χ2v) is 11.5. The van der Waals surface area contributed by atoms with Gasteiger partial charge in [0.05, 0.1) is 10.6 Å². The van der Waals surface area contributed by atoms with E-state index in [1.165, 1.54) is 11.1 Å². The standard InChI is InChI=1S/C26H29ClN2O3S2/c1-20-7-11-22(12-8-20)19-33-16-4-15-28-26(30)18-29(24-6-3-5-23(27)17-24)34(31,32)25-13-9-21(2)10-14-25/h3,5-14,17H,4,15-16,18-19H2,1-2H3,(H,28,30). The van der Waals surface area contributed by atoms with E-state index in [4.69, 9.17) is 11.6 Å². The molecule has 0 heterocycles. The normalized spacial score (nSPS) is 11.3. The molecule has 0 saturated heterocycles. The largest absolute Gasteiger partial charge is 0.354 e. The van der Waals surface area contributed by atoms with Crippen molar-refractivity contribution in [2.24, 2.45) is 0 Å². The van der Waals surface area contributed by atoms with E-state index in [1.54, 1.807) is 60.3 Å². The lowest BCUT2D eigenvalue weighted by Gasteiger charge is -2.24. The topological polar surface area (TPSA) is 66.5 Å². The van der Waals surface area contributed by atoms with Gasteiger partial charge in [-0.15, -0.1) is 0 Å². The number of nitrogens with zero attached hydrogens (tertiary/aromatic N) is 1. The van der Waals surface area contributed by atoms with E-state index in [9.17, 15) is 13.2 Å². The van der Waals surface area contributed by atoms with E-state index >= 15 is 0 Å². The van der Waals surface area contributed by atoms with Crippen molar-refractivity contribution in [3.8, 4) is 0 Å². The summed E-state index contributed by atoms with van der Waals surface area (Å²) in [5.74, 6) is 1.46. The van der Waals surface area contributed by atoms with Crippen molar-refractivity contribution in [2.45, 2.75) is 30.9 Å². The van der Waals surface area contributed by atoms with Crippen LogP contribution in [-0.4, -0.2) is 33.2 Å². The molecule has 0 saturated carbocycles. The Labute approximate surface area is 211 Å². The summed E-state index contributed by atoms with van der Waals surface area (Å²) in [5, 5.41) is 3.24. The van der Waals surface area contributed by atoms with Crippen LogP contribution in [0, 0.1) is 13.8 Å². The zero-order valence-corrected chi connectivity index (χ0v) is 21.7. The molecule has 0 bridgehead atoms. The highest BCUT2D eigenvalue weighted by atomic mass is 35.5. The van der Waals surface area contributed by atoms with Gasteiger partial charge in [-0.1, -0.05) is 65.2 Å². The number of amides is 1. The van der Waals surface area contributed by atoms with Crippen LogP contribution in [0.2, 0.25) is 5.02 Å². The van der Waals surface area contributed by atoms with E-state index in [0.29, 0.717) is 17.3 Å². The SMILES string of the molecule is Cc1ccc(CSCCCNC(=O)CN(c2cccc(Cl)c2)S(=O)(=O)c2ccc(C)cc2)cc1. The van der Waals surface area contributed by atoms with Crippen LogP contribution in [0.15, 0.2) is 77.7 Å². The number of aryl methyl sites for hydroxylation is 2. The van der Waals surface area contributed by atoms with Gasteiger partial charge < -0.3 is 5.32 Å². The third-order valence-corrected chi connectivity index (χ3v) is 8.31. The predicted molar refractivity (Wildman–Crippen MR) is 142 cm³/mol. The smallest absolute Gasteiger partial charge is 0.264 e. The number of anilines is 1. The van der Waals surface area contributed by atoms with E-state index in [-0.39, 0.29) is 17.3 Å². The minimum Gasteiger partial charge on any atom is -0.354 e. The molecule has 0 fully saturated rings. The Kier molecular flexibility index (Phi) is 9.45. The van der Waals surface area contributed by atoms with Gasteiger partial charge in [0.25, 0.3) is 10.0 Å². The Morgan fingerprint density at radius 1 is 0.971 bits per heavy atom. The predicted octanol–water partition coefficient (Wildman–Crippen LogP) is 5.59. The number of hydrogen-bond acceptors (Lipinski definition) is 4. The number of carbonyl (C=O) groups is 1. The van der Waals surface area contributed by atoms with Crippen molar-refractivity contribution in [3.05, 3.63) is 94.5 Å². The van der Waals surface area contributed by atoms with Gasteiger partial charge >= 0.3 is 0 Å². The number of halogens is 1. The number of sulfonamides is 1. The molecule has 0 aromatic heterocycles. The molecule has 3 aromatic rings. The van der Waals surface area contributed by atoms with E-state index in [1.807, 2.05) is 6.92 Å². The minimum atomic E-state index is -3.95. The molecule has 0 spiro atoms. The summed E-state index contributed by atoms with van der Waals surface area (Å²) in [6.07, 6.45) is 0.796. The first-order valence-electron chi connectivity index (χ1n) is 11.0. The van der Waals surface area contributed by atoms with Gasteiger partial charge in [0.15, 0.2) is 0 Å². The van der Waals surface area contributed by atoms with E-state index in [0.717, 1.165) is 27.8 Å². The van der Waals surface area contributed by atoms with Crippen molar-refractivity contribution >= 4 is 45.0 Å². The number of rotatable bonds is 11. The molecular formula is C26H29ClN2O3S2. The average molecular weight is 517 g/mol. The maximum Gasteiger partial charge on any atom is 0.264 e. The zero-order chi connectivity index (χ0) is 24.6. The van der Waals surface area contributed by atoms with Crippen molar-refractivity contribution < 1.29 is 13.2 Å². The summed E-state index contributed by atoms with van der Waals surface area (Å²) in [6.45, 7) is 4.11. The van der Waals surface area contributed by atoms with Gasteiger partial charge in [-0.3, -0.25) is 9.10 Å². The molecule has 0 aliphatic carbocycles. The highest BCUT2D eigenvalue weighted by Crippen LogP contribution is 2.26. The zero-order valence-electron chi connectivity index (χ0n) is 19.3. The molecule has 1 N–H and O–H groups in total. The molecule has 3 rings (SSSR count). The first-order valence-corrected chi connectivity index (χ1v) is 14.0. The Bertz CT molecular complexity index is 1200. The van der Waals surface area contributed by atoms with Crippen LogP contribution in [-0.2, 0) is 20.6 Å². The van der Waals surface area contributed by atoms with Gasteiger partial charge in [0.2, 0.25) is 5.91 Å². The van der Waals surface area contributed by atoms with Gasteiger partial charge in [-0.25, -0.2) is 8.42 Å². The second-order valence-electron chi connectivity index (χ2n) is 8.05. The Balaban J connectivity index is 1.58. The Morgan fingerprint density at radius 3 is 2.26 bits per heavy atom. The molecular weight excluding hydrogens is 488 g/mol. The molecule has 34 heavy (non-hydrogen) atoms. The molecule has 5 nitrogen and oxygen atoms in total. The summed E-state index contributed by atoms with van der Waals surface area (Å²) in [4.78, 5) is 12.8. The summed E-state index contributed by atoms with van der Waals surface area (Å²) >= 11 is 7.91. The van der Waals surface area contributed by atoms with Gasteiger partial charge in [-0.05, 0) is 61.9 Å². The van der Waals surface area contributed by atoms with E-state index in [2.05, 4.69) is 36.5 Å². The summed E-state index contributed by atoms with van der Waals surface area (Å²) in [6, 6.07) is 21.5. The molecule has 0 radical (unpaired) electrons. The summed E-state index contributed by atoms with van der Waals surface area (Å²) in [7, 11) is -3.95. The van der Waals surface area contributed by atoms with Gasteiger partial charge in [-0.2, -0.15) is 11.8 Å². The van der Waals surface area contributed by atoms with Crippen molar-refractivity contribution in [2.75, 3.05) is 23.1 Å². The van der Waals surface area contributed by atoms with Gasteiger partial charge in [0.1, 0.15) is 6.54 Å². The van der Waals surface area contributed by atoms with Gasteiger partial charge in [0, 0.05) is 17.3 Å². The minimum absolute atomic E-state index is 0.124. The van der Waals surface area contributed by atoms with Crippen LogP contribution in [0.1, 0.15) is 23.1 Å². The first-order chi connectivity index (χ1) is 16.3. The molecule has 180 valence electrons. The van der Waals surface area contributed by atoms with Crippen molar-refractivity contribution in [1.29, 1.82) is 0 Å². The highest BCUT2D eigenvalue weighted by molar-refractivity contribution is 7.98. The number of hydrogen-bond donors (Lipinski definition) is 1. The molecule has 0 unspecified atom stereocenters. The van der Waals surface area contributed by atoms with E-state index < -0.39 is 10.0 Å². The number of thioether (sulfide) groups is 1. The fourth-order valence-electron chi connectivity index (χ4n) is 3.25. The monoisotopic (exact) mass is 516 g/mol. The molecule has 3 aromatic carbocycles. The number of nitrogens with one attached hydrogen (secondary N) is 1. The van der Waals surface area contributed by atoms with Crippen molar-refractivity contribution in [1.82, 2.24) is 5.32 Å². The summed E-state index contributed by atoms with van der Waals surface area (Å²) < 4.78 is 27.8. The first kappa shape index (κ1) is 26.1. The number of benzene rings is 3. The van der Waals surface area contributed by atoms with Crippen LogP contribution >= 0.6 is 23.4 Å². The Hall–Kier alpha value is -2.48. The lowest BCUT2D eigenvalue weighted by atomic mass is 10.2. The van der Waals surface area contributed by atoms with Crippen LogP contribution in [0.4, 0.5) is 5.69 Å². The van der Waals surface area contributed by atoms with Crippen LogP contribution < -0.4 is 9.62 Å². The highest BCUT2D eigenvalue weighted by Gasteiger charge is 2.27. The summed E-state index contributed by atoms with van der Waals surface area (Å²) in [5.41, 5.74) is 3.81. The molecule has 1 amide bonds. The lowest BCUT2D eigenvalue weighted by molar-refractivity contribution is -0.119. The Morgan fingerprint density at radius 2 is 1.62 bits per heavy atom. The molecule has 0 aliphatic rings. The quantitative estimate of drug-likeness (QED) is 0.337. The molecule has 0 aliphatic heterocycles. The maximum atomic E-state index is 13.4. The van der Waals surface area contributed by atoms with Crippen LogP contribution in [0.5, 0.6) is 0 Å². The molecule has 8 heteroatoms. The molecule has 0 atom stereocenters. The average Bonchev–Trinajstić information content (AvgIpc) is 2.81. The fraction of sp³-hybridized carbons (Fsp3) is 0.269. The van der Waals surface area contributed by atoms with Crippen LogP contribution in [0.3, 0.4) is 0 Å². The third-order valence-electron chi connectivity index (χ3n) is 5.17. The van der Waals surface area contributed by atoms with Crippen molar-refractivity contribution in [3.63, 3.8) is 0 Å². The fourth-order valence-corrected chi connectivity index (χ4v) is 5.76. The second kappa shape index (κ2) is 12.3. The lowest BCUT2D eigenvalue weighted by Crippen LogP contribution is -2.41. The maximum absolute atomic E-state index is 13.4. The number of carbonyl (C=O) groups excluding carboxylic acids is 1. The third kappa shape index (κ3) is 7.52.